The van der Waals surface area contributed by atoms with Crippen LogP contribution in [0.25, 0.3) is 11.1 Å². The van der Waals surface area contributed by atoms with Gasteiger partial charge in [0.25, 0.3) is 6.47 Å². The van der Waals surface area contributed by atoms with Gasteiger partial charge in [-0.25, -0.2) is 9.37 Å². The number of aromatic nitrogens is 1. The molecule has 1 N–H and O–H groups in total. The van der Waals surface area contributed by atoms with Gasteiger partial charge in [0.1, 0.15) is 11.6 Å². The van der Waals surface area contributed by atoms with E-state index in [0.29, 0.717) is 5.41 Å². The summed E-state index contributed by atoms with van der Waals surface area (Å²) in [5, 5.41) is 6.89. The summed E-state index contributed by atoms with van der Waals surface area (Å²) in [6.45, 7) is 14.1. The van der Waals surface area contributed by atoms with Crippen LogP contribution in [0.5, 0.6) is 0 Å². The van der Waals surface area contributed by atoms with Gasteiger partial charge in [-0.1, -0.05) is 25.1 Å². The van der Waals surface area contributed by atoms with Gasteiger partial charge in [-0.15, -0.1) is 0 Å². The van der Waals surface area contributed by atoms with Crippen LogP contribution in [-0.2, 0) is 4.79 Å². The van der Waals surface area contributed by atoms with Gasteiger partial charge in [0.05, 0.1) is 6.20 Å². The molecule has 34 heavy (non-hydrogen) atoms. The fourth-order valence-corrected chi connectivity index (χ4v) is 6.01. The molecule has 2 aliphatic heterocycles. The summed E-state index contributed by atoms with van der Waals surface area (Å²) in [5.41, 5.74) is 5.05. The molecule has 3 aliphatic rings. The largest absolute Gasteiger partial charge is 0.483 e. The Morgan fingerprint density at radius 3 is 2.50 bits per heavy atom. The number of hydrogen-bond donors (Lipinski definition) is 1. The van der Waals surface area contributed by atoms with Gasteiger partial charge in [-0.3, -0.25) is 9.69 Å². The molecule has 2 saturated heterocycles. The number of halogens is 1. The first-order valence-electron chi connectivity index (χ1n) is 12.4. The van der Waals surface area contributed by atoms with Crippen molar-refractivity contribution in [2.45, 2.75) is 46.1 Å². The van der Waals surface area contributed by atoms with Crippen LogP contribution in [-0.4, -0.2) is 78.2 Å². The third kappa shape index (κ3) is 5.10. The second-order valence-electron chi connectivity index (χ2n) is 10.2. The second kappa shape index (κ2) is 10.4. The lowest BCUT2D eigenvalue weighted by atomic mass is 9.78. The van der Waals surface area contributed by atoms with Gasteiger partial charge in [-0.2, -0.15) is 0 Å². The first-order chi connectivity index (χ1) is 16.4. The van der Waals surface area contributed by atoms with E-state index in [0.717, 1.165) is 49.2 Å². The molecular weight excluding hydrogens is 431 g/mol. The molecule has 1 saturated carbocycles. The monoisotopic (exact) mass is 468 g/mol. The number of carbonyl (C=O) groups is 1. The Labute approximate surface area is 202 Å². The summed E-state index contributed by atoms with van der Waals surface area (Å²) in [6, 6.07) is 8.75. The van der Waals surface area contributed by atoms with E-state index in [1.54, 1.807) is 6.07 Å². The number of nitrogens with zero attached hydrogens (tertiary/aromatic N) is 4. The highest BCUT2D eigenvalue weighted by atomic mass is 19.1. The van der Waals surface area contributed by atoms with E-state index in [9.17, 15) is 4.39 Å². The molecule has 0 amide bonds. The number of carboxylic acid groups (broad SMARTS) is 1. The molecule has 3 fully saturated rings. The number of aryl methyl sites for hydroxylation is 2. The average molecular weight is 469 g/mol. The minimum atomic E-state index is -0.270. The van der Waals surface area contributed by atoms with Gasteiger partial charge in [0, 0.05) is 50.9 Å². The van der Waals surface area contributed by atoms with Gasteiger partial charge < -0.3 is 14.9 Å². The number of benzene rings is 1. The van der Waals surface area contributed by atoms with Gasteiger partial charge in [0.15, 0.2) is 0 Å². The molecule has 0 bridgehead atoms. The van der Waals surface area contributed by atoms with Gasteiger partial charge >= 0.3 is 0 Å². The predicted molar refractivity (Wildman–Crippen MR) is 134 cm³/mol. The average Bonchev–Trinajstić information content (AvgIpc) is 3.26. The summed E-state index contributed by atoms with van der Waals surface area (Å²) in [5.74, 6) is 0.651. The lowest BCUT2D eigenvalue weighted by molar-refractivity contribution is -0.122. The van der Waals surface area contributed by atoms with Crippen LogP contribution < -0.4 is 4.90 Å². The maximum absolute atomic E-state index is 14.1. The van der Waals surface area contributed by atoms with Crippen molar-refractivity contribution in [3.05, 3.63) is 47.4 Å². The Morgan fingerprint density at radius 2 is 1.85 bits per heavy atom. The van der Waals surface area contributed by atoms with Crippen LogP contribution in [0.15, 0.2) is 30.5 Å². The number of anilines is 1. The molecule has 6 nitrogen and oxygen atoms in total. The highest BCUT2D eigenvalue weighted by Crippen LogP contribution is 2.47. The Balaban J connectivity index is 0.000000868. The molecule has 5 rings (SSSR count). The third-order valence-corrected chi connectivity index (χ3v) is 8.02. The summed E-state index contributed by atoms with van der Waals surface area (Å²) >= 11 is 0. The highest BCUT2D eigenvalue weighted by Gasteiger charge is 2.48. The fourth-order valence-electron chi connectivity index (χ4n) is 6.01. The number of piperazine rings is 1. The van der Waals surface area contributed by atoms with Crippen LogP contribution >= 0.6 is 0 Å². The smallest absolute Gasteiger partial charge is 0.290 e. The Morgan fingerprint density at radius 1 is 1.15 bits per heavy atom. The molecule has 1 atom stereocenters. The minimum absolute atomic E-state index is 0.250. The quantitative estimate of drug-likeness (QED) is 0.679. The molecule has 7 heteroatoms. The topological polar surface area (TPSA) is 59.9 Å². The number of likely N-dealkylation sites (tertiary alicyclic amines) is 1. The molecule has 0 radical (unpaired) electrons. The van der Waals surface area contributed by atoms with Crippen molar-refractivity contribution in [3.8, 4) is 11.1 Å². The van der Waals surface area contributed by atoms with Gasteiger partial charge in [0.2, 0.25) is 0 Å². The standard InChI is InChI=1S/C26H35FN4.CH2O2/c1-4-29-17-26(18-29)8-7-23(15-26)30-9-11-31(12-10-30)25-24(14-22(27)16-28-25)21-6-5-19(2)20(3)13-21;2-1-3/h5-6,13-14,16,23H,4,7-12,15,17-18H2,1-3H3;1H,(H,2,3). The zero-order valence-electron chi connectivity index (χ0n) is 20.6. The minimum Gasteiger partial charge on any atom is -0.483 e. The zero-order chi connectivity index (χ0) is 24.3. The van der Waals surface area contributed by atoms with Crippen molar-refractivity contribution >= 4 is 12.3 Å². The molecule has 1 unspecified atom stereocenters. The molecule has 184 valence electrons. The normalized spacial score (nSPS) is 22.2. The van der Waals surface area contributed by atoms with E-state index in [1.807, 2.05) is 0 Å². The SMILES string of the molecule is CCN1CC2(CCC(N3CCN(c4ncc(F)cc4-c4ccc(C)c(C)c4)CC3)C2)C1.O=CO. The summed E-state index contributed by atoms with van der Waals surface area (Å²) < 4.78 is 14.1. The predicted octanol–water partition coefficient (Wildman–Crippen LogP) is 4.20. The van der Waals surface area contributed by atoms with Crippen LogP contribution in [0, 0.1) is 25.1 Å². The van der Waals surface area contributed by atoms with Crippen molar-refractivity contribution in [1.29, 1.82) is 0 Å². The molecule has 1 spiro atoms. The third-order valence-electron chi connectivity index (χ3n) is 8.02. The van der Waals surface area contributed by atoms with Crippen molar-refractivity contribution < 1.29 is 14.3 Å². The Hall–Kier alpha value is -2.51. The highest BCUT2D eigenvalue weighted by molar-refractivity contribution is 5.76. The van der Waals surface area contributed by atoms with Crippen molar-refractivity contribution in [1.82, 2.24) is 14.8 Å². The maximum Gasteiger partial charge on any atom is 0.290 e. The Kier molecular flexibility index (Phi) is 7.53. The molecular formula is C27H37FN4O2. The first kappa shape index (κ1) is 24.6. The molecule has 3 heterocycles. The van der Waals surface area contributed by atoms with E-state index in [4.69, 9.17) is 9.90 Å². The van der Waals surface area contributed by atoms with E-state index in [1.165, 1.54) is 56.2 Å². The number of rotatable bonds is 4. The number of pyridine rings is 1. The molecule has 1 aromatic heterocycles. The fraction of sp³-hybridized carbons (Fsp3) is 0.556. The van der Waals surface area contributed by atoms with E-state index in [-0.39, 0.29) is 12.3 Å². The first-order valence-corrected chi connectivity index (χ1v) is 12.4. The van der Waals surface area contributed by atoms with Gasteiger partial charge in [-0.05, 0) is 67.8 Å². The van der Waals surface area contributed by atoms with E-state index < -0.39 is 0 Å². The van der Waals surface area contributed by atoms with E-state index >= 15 is 0 Å². The van der Waals surface area contributed by atoms with Crippen LogP contribution in [0.1, 0.15) is 37.3 Å². The maximum atomic E-state index is 14.1. The van der Waals surface area contributed by atoms with Crippen molar-refractivity contribution in [3.63, 3.8) is 0 Å². The van der Waals surface area contributed by atoms with Crippen LogP contribution in [0.3, 0.4) is 0 Å². The van der Waals surface area contributed by atoms with E-state index in [2.05, 4.69) is 58.7 Å². The molecule has 2 aromatic rings. The van der Waals surface area contributed by atoms with Crippen molar-refractivity contribution in [2.24, 2.45) is 5.41 Å². The van der Waals surface area contributed by atoms with Crippen molar-refractivity contribution in [2.75, 3.05) is 50.7 Å². The summed E-state index contributed by atoms with van der Waals surface area (Å²) in [4.78, 5) is 20.5. The molecule has 1 aliphatic carbocycles. The second-order valence-corrected chi connectivity index (χ2v) is 10.2. The van der Waals surface area contributed by atoms with Crippen LogP contribution in [0.4, 0.5) is 10.2 Å². The zero-order valence-corrected chi connectivity index (χ0v) is 20.6. The lowest BCUT2D eigenvalue weighted by Crippen LogP contribution is -2.56. The van der Waals surface area contributed by atoms with Crippen LogP contribution in [0.2, 0.25) is 0 Å². The number of hydrogen-bond acceptors (Lipinski definition) is 5. The summed E-state index contributed by atoms with van der Waals surface area (Å²) in [6.07, 6.45) is 5.47. The Bertz CT molecular complexity index is 1000. The lowest BCUT2D eigenvalue weighted by Gasteiger charge is -2.49. The molecule has 1 aromatic carbocycles. The summed E-state index contributed by atoms with van der Waals surface area (Å²) in [7, 11) is 0.